The number of allylic oxidation sites excluding steroid dienone is 1. The summed E-state index contributed by atoms with van der Waals surface area (Å²) >= 11 is 0. The first-order valence-electron chi connectivity index (χ1n) is 6.46. The number of ether oxygens (including phenoxy) is 1. The molecular formula is C15H22O3. The topological polar surface area (TPSA) is 49.7 Å². The van der Waals surface area contributed by atoms with E-state index < -0.39 is 12.2 Å². The smallest absolute Gasteiger partial charge is 0.0876 e. The summed E-state index contributed by atoms with van der Waals surface area (Å²) in [5.74, 6) is 2.42. The Morgan fingerprint density at radius 1 is 1.28 bits per heavy atom. The van der Waals surface area contributed by atoms with Crippen molar-refractivity contribution in [3.63, 3.8) is 0 Å². The molecule has 1 rings (SSSR count). The number of terminal acetylenes is 1. The molecule has 0 amide bonds. The highest BCUT2D eigenvalue weighted by molar-refractivity contribution is 5.09. The molecule has 0 bridgehead atoms. The van der Waals surface area contributed by atoms with E-state index in [1.165, 1.54) is 0 Å². The molecule has 4 atom stereocenters. The fraction of sp³-hybridized carbons (Fsp3) is 0.600. The summed E-state index contributed by atoms with van der Waals surface area (Å²) in [5.41, 5.74) is 0. The van der Waals surface area contributed by atoms with Gasteiger partial charge in [0.15, 0.2) is 0 Å². The second-order valence-corrected chi connectivity index (χ2v) is 4.50. The van der Waals surface area contributed by atoms with Crippen molar-refractivity contribution in [1.82, 2.24) is 0 Å². The first-order chi connectivity index (χ1) is 8.69. The Balaban J connectivity index is 2.73. The van der Waals surface area contributed by atoms with Crippen LogP contribution in [0.15, 0.2) is 24.3 Å². The number of rotatable bonds is 3. The molecule has 0 aromatic rings. The molecule has 2 N–H and O–H groups in total. The molecule has 0 spiro atoms. The van der Waals surface area contributed by atoms with E-state index in [1.807, 2.05) is 25.2 Å². The van der Waals surface area contributed by atoms with Gasteiger partial charge in [0.1, 0.15) is 0 Å². The van der Waals surface area contributed by atoms with Gasteiger partial charge in [-0.2, -0.15) is 0 Å². The maximum absolute atomic E-state index is 10.1. The van der Waals surface area contributed by atoms with Gasteiger partial charge in [-0.15, -0.1) is 6.42 Å². The predicted octanol–water partition coefficient (Wildman–Crippen LogP) is 1.80. The van der Waals surface area contributed by atoms with Gasteiger partial charge < -0.3 is 14.9 Å². The monoisotopic (exact) mass is 250 g/mol. The van der Waals surface area contributed by atoms with Gasteiger partial charge in [0.05, 0.1) is 24.4 Å². The van der Waals surface area contributed by atoms with Crippen LogP contribution in [0.25, 0.3) is 0 Å². The molecule has 3 heteroatoms. The summed E-state index contributed by atoms with van der Waals surface area (Å²) in [7, 11) is 0. The number of hydrogen-bond acceptors (Lipinski definition) is 3. The van der Waals surface area contributed by atoms with Gasteiger partial charge in [0.2, 0.25) is 0 Å². The van der Waals surface area contributed by atoms with E-state index in [0.717, 1.165) is 6.42 Å². The van der Waals surface area contributed by atoms with Crippen LogP contribution in [0.3, 0.4) is 0 Å². The van der Waals surface area contributed by atoms with E-state index in [9.17, 15) is 10.2 Å². The zero-order valence-electron chi connectivity index (χ0n) is 10.8. The molecule has 0 radical (unpaired) electrons. The van der Waals surface area contributed by atoms with Crippen LogP contribution in [-0.4, -0.2) is 34.6 Å². The minimum atomic E-state index is -0.567. The van der Waals surface area contributed by atoms with Crippen molar-refractivity contribution in [1.29, 1.82) is 0 Å². The normalized spacial score (nSPS) is 35.4. The summed E-state index contributed by atoms with van der Waals surface area (Å²) in [5, 5.41) is 20.0. The van der Waals surface area contributed by atoms with Gasteiger partial charge in [0, 0.05) is 0 Å². The van der Waals surface area contributed by atoms with Crippen LogP contribution in [0.4, 0.5) is 0 Å². The molecule has 18 heavy (non-hydrogen) atoms. The van der Waals surface area contributed by atoms with Crippen LogP contribution in [0.2, 0.25) is 0 Å². The Bertz CT molecular complexity index is 327. The molecule has 0 aromatic carbocycles. The van der Waals surface area contributed by atoms with Crippen LogP contribution in [-0.2, 0) is 4.74 Å². The van der Waals surface area contributed by atoms with Gasteiger partial charge in [-0.1, -0.05) is 31.1 Å². The van der Waals surface area contributed by atoms with Crippen LogP contribution in [0.1, 0.15) is 32.6 Å². The largest absolute Gasteiger partial charge is 0.390 e. The summed E-state index contributed by atoms with van der Waals surface area (Å²) in [6.07, 6.45) is 13.1. The molecule has 0 aromatic heterocycles. The minimum absolute atomic E-state index is 0.244. The molecule has 0 unspecified atom stereocenters. The lowest BCUT2D eigenvalue weighted by Gasteiger charge is -2.28. The van der Waals surface area contributed by atoms with Crippen molar-refractivity contribution in [3.05, 3.63) is 24.3 Å². The zero-order chi connectivity index (χ0) is 13.4. The lowest BCUT2D eigenvalue weighted by Crippen LogP contribution is -2.37. The predicted molar refractivity (Wildman–Crippen MR) is 71.9 cm³/mol. The molecule has 0 saturated heterocycles. The quantitative estimate of drug-likeness (QED) is 0.593. The van der Waals surface area contributed by atoms with E-state index in [-0.39, 0.29) is 12.2 Å². The molecule has 1 heterocycles. The third-order valence-electron chi connectivity index (χ3n) is 3.11. The average Bonchev–Trinajstić information content (AvgIpc) is 2.43. The first kappa shape index (κ1) is 15.0. The number of aliphatic hydroxyl groups excluding tert-OH is 2. The Morgan fingerprint density at radius 2 is 1.89 bits per heavy atom. The van der Waals surface area contributed by atoms with E-state index >= 15 is 0 Å². The molecule has 1 aliphatic rings. The van der Waals surface area contributed by atoms with Crippen molar-refractivity contribution in [2.45, 2.75) is 57.0 Å². The van der Waals surface area contributed by atoms with Gasteiger partial charge in [-0.05, 0) is 31.8 Å². The Labute approximate surface area is 109 Å². The summed E-state index contributed by atoms with van der Waals surface area (Å²) in [6.45, 7) is 1.97. The third-order valence-corrected chi connectivity index (χ3v) is 3.11. The molecule has 1 aliphatic heterocycles. The average molecular weight is 250 g/mol. The van der Waals surface area contributed by atoms with E-state index in [4.69, 9.17) is 11.2 Å². The van der Waals surface area contributed by atoms with E-state index in [1.54, 1.807) is 6.08 Å². The lowest BCUT2D eigenvalue weighted by atomic mass is 10.1. The Kier molecular flexibility index (Phi) is 6.74. The van der Waals surface area contributed by atoms with Crippen LogP contribution < -0.4 is 0 Å². The van der Waals surface area contributed by atoms with Crippen molar-refractivity contribution in [2.75, 3.05) is 0 Å². The van der Waals surface area contributed by atoms with Gasteiger partial charge >= 0.3 is 0 Å². The van der Waals surface area contributed by atoms with E-state index in [0.29, 0.717) is 19.3 Å². The highest BCUT2D eigenvalue weighted by Gasteiger charge is 2.26. The maximum Gasteiger partial charge on any atom is 0.0876 e. The van der Waals surface area contributed by atoms with Gasteiger partial charge in [0.25, 0.3) is 0 Å². The molecule has 0 fully saturated rings. The number of hydrogen-bond donors (Lipinski definition) is 2. The summed E-state index contributed by atoms with van der Waals surface area (Å²) in [4.78, 5) is 0. The first-order valence-corrected chi connectivity index (χ1v) is 6.46. The Hall–Kier alpha value is -1.08. The van der Waals surface area contributed by atoms with Crippen molar-refractivity contribution in [2.24, 2.45) is 0 Å². The van der Waals surface area contributed by atoms with E-state index in [2.05, 4.69) is 5.92 Å². The highest BCUT2D eigenvalue weighted by atomic mass is 16.5. The highest BCUT2D eigenvalue weighted by Crippen LogP contribution is 2.19. The third kappa shape index (κ3) is 4.66. The fourth-order valence-electron chi connectivity index (χ4n) is 2.03. The second-order valence-electron chi connectivity index (χ2n) is 4.50. The fourth-order valence-corrected chi connectivity index (χ4v) is 2.03. The molecule has 0 saturated carbocycles. The minimum Gasteiger partial charge on any atom is -0.390 e. The molecular weight excluding hydrogens is 228 g/mol. The molecule has 3 nitrogen and oxygen atoms in total. The zero-order valence-corrected chi connectivity index (χ0v) is 10.8. The maximum atomic E-state index is 10.1. The summed E-state index contributed by atoms with van der Waals surface area (Å²) < 4.78 is 5.83. The lowest BCUT2D eigenvalue weighted by molar-refractivity contribution is -0.112. The SMILES string of the molecule is C#C/C=C/C[C@@H]1O[C@H](CC)[C@H](O)C/C=C\C[C@@H]1O. The van der Waals surface area contributed by atoms with Gasteiger partial charge in [-0.3, -0.25) is 0 Å². The van der Waals surface area contributed by atoms with Crippen molar-refractivity contribution in [3.8, 4) is 12.3 Å². The van der Waals surface area contributed by atoms with Crippen LogP contribution in [0.5, 0.6) is 0 Å². The van der Waals surface area contributed by atoms with Crippen LogP contribution >= 0.6 is 0 Å². The second kappa shape index (κ2) is 8.10. The summed E-state index contributed by atoms with van der Waals surface area (Å²) in [6, 6.07) is 0. The van der Waals surface area contributed by atoms with Crippen molar-refractivity contribution >= 4 is 0 Å². The Morgan fingerprint density at radius 3 is 2.44 bits per heavy atom. The van der Waals surface area contributed by atoms with Crippen molar-refractivity contribution < 1.29 is 14.9 Å². The number of aliphatic hydroxyl groups is 2. The standard InChI is InChI=1S/C15H22O3/c1-3-5-6-11-15-13(17)10-8-7-9-12(16)14(4-2)18-15/h1,5-8,12-17H,4,9-11H2,2H3/b6-5+,8-7-/t12-,13+,14-,15+/m1/s1. The molecule has 100 valence electrons. The molecule has 0 aliphatic carbocycles. The van der Waals surface area contributed by atoms with Gasteiger partial charge in [-0.25, -0.2) is 0 Å². The van der Waals surface area contributed by atoms with Crippen LogP contribution in [0, 0.1) is 12.3 Å².